The molecule has 0 unspecified atom stereocenters. The van der Waals surface area contributed by atoms with Gasteiger partial charge in [0, 0.05) is 12.8 Å². The molecule has 1 fully saturated rings. The first kappa shape index (κ1) is 12.0. The number of ketones is 2. The lowest BCUT2D eigenvalue weighted by Gasteiger charge is -2.33. The van der Waals surface area contributed by atoms with Crippen molar-refractivity contribution in [3.63, 3.8) is 0 Å². The second kappa shape index (κ2) is 4.82. The Balaban J connectivity index is 2.30. The lowest BCUT2D eigenvalue weighted by Crippen LogP contribution is -2.43. The van der Waals surface area contributed by atoms with Crippen molar-refractivity contribution in [1.29, 1.82) is 0 Å². The van der Waals surface area contributed by atoms with E-state index < -0.39 is 5.41 Å². The quantitative estimate of drug-likeness (QED) is 0.748. The van der Waals surface area contributed by atoms with E-state index in [9.17, 15) is 9.59 Å². The molecule has 0 N–H and O–H groups in total. The predicted octanol–water partition coefficient (Wildman–Crippen LogP) is 2.95. The molecule has 0 aliphatic heterocycles. The molecule has 17 heavy (non-hydrogen) atoms. The Morgan fingerprint density at radius 2 is 1.65 bits per heavy atom. The highest BCUT2D eigenvalue weighted by Crippen LogP contribution is 2.36. The smallest absolute Gasteiger partial charge is 0.146 e. The lowest BCUT2D eigenvalue weighted by atomic mass is 9.67. The predicted molar refractivity (Wildman–Crippen MR) is 66.7 cm³/mol. The van der Waals surface area contributed by atoms with Crippen LogP contribution < -0.4 is 0 Å². The van der Waals surface area contributed by atoms with Crippen LogP contribution in [-0.2, 0) is 16.0 Å². The summed E-state index contributed by atoms with van der Waals surface area (Å²) in [5.41, 5.74) is 0.345. The molecule has 1 aliphatic carbocycles. The van der Waals surface area contributed by atoms with Gasteiger partial charge in [0.05, 0.1) is 5.41 Å². The van der Waals surface area contributed by atoms with Gasteiger partial charge in [-0.1, -0.05) is 37.3 Å². The number of benzene rings is 1. The maximum atomic E-state index is 12.1. The average Bonchev–Trinajstić information content (AvgIpc) is 2.35. The zero-order valence-corrected chi connectivity index (χ0v) is 10.2. The molecule has 2 nitrogen and oxygen atoms in total. The fraction of sp³-hybridized carbons (Fsp3) is 0.467. The minimum Gasteiger partial charge on any atom is -0.299 e. The fourth-order valence-corrected chi connectivity index (χ4v) is 2.70. The zero-order chi connectivity index (χ0) is 12.3. The van der Waals surface area contributed by atoms with Gasteiger partial charge in [-0.25, -0.2) is 0 Å². The van der Waals surface area contributed by atoms with Crippen molar-refractivity contribution in [2.75, 3.05) is 0 Å². The molecule has 1 aromatic carbocycles. The van der Waals surface area contributed by atoms with Gasteiger partial charge in [-0.2, -0.15) is 0 Å². The van der Waals surface area contributed by atoms with Gasteiger partial charge in [0.1, 0.15) is 11.6 Å². The Labute approximate surface area is 102 Å². The monoisotopic (exact) mass is 230 g/mol. The summed E-state index contributed by atoms with van der Waals surface area (Å²) in [6, 6.07) is 9.85. The Hall–Kier alpha value is -1.44. The van der Waals surface area contributed by atoms with Gasteiger partial charge in [0.2, 0.25) is 0 Å². The van der Waals surface area contributed by atoms with Crippen LogP contribution in [0.1, 0.15) is 38.2 Å². The van der Waals surface area contributed by atoms with Gasteiger partial charge in [-0.3, -0.25) is 9.59 Å². The Morgan fingerprint density at radius 1 is 1.06 bits per heavy atom. The van der Waals surface area contributed by atoms with E-state index in [0.717, 1.165) is 12.0 Å². The molecule has 1 aliphatic rings. The van der Waals surface area contributed by atoms with Crippen LogP contribution in [0, 0.1) is 5.41 Å². The maximum absolute atomic E-state index is 12.1. The summed E-state index contributed by atoms with van der Waals surface area (Å²) >= 11 is 0. The standard InChI is InChI=1S/C15H18O2/c1-2-15(11-12-7-4-3-5-8-12)13(16)9-6-10-14(15)17/h3-5,7-8H,2,6,9-11H2,1H3. The number of carbonyl (C=O) groups excluding carboxylic acids is 2. The first-order valence-corrected chi connectivity index (χ1v) is 6.29. The molecule has 0 radical (unpaired) electrons. The summed E-state index contributed by atoms with van der Waals surface area (Å²) < 4.78 is 0. The number of Topliss-reactive ketones (excluding diaryl/α,β-unsaturated/α-hetero) is 2. The van der Waals surface area contributed by atoms with Crippen LogP contribution in [0.15, 0.2) is 30.3 Å². The van der Waals surface area contributed by atoms with Gasteiger partial charge in [-0.15, -0.1) is 0 Å². The van der Waals surface area contributed by atoms with E-state index in [1.54, 1.807) is 0 Å². The molecule has 0 bridgehead atoms. The minimum atomic E-state index is -0.737. The first-order chi connectivity index (χ1) is 8.19. The molecule has 0 heterocycles. The molecular formula is C15H18O2. The normalized spacial score (nSPS) is 19.4. The summed E-state index contributed by atoms with van der Waals surface area (Å²) in [6.07, 6.45) is 3.05. The van der Waals surface area contributed by atoms with E-state index in [1.165, 1.54) is 0 Å². The highest BCUT2D eigenvalue weighted by molar-refractivity contribution is 6.09. The van der Waals surface area contributed by atoms with E-state index in [1.807, 2.05) is 37.3 Å². The Morgan fingerprint density at radius 3 is 2.18 bits per heavy atom. The third kappa shape index (κ3) is 2.17. The molecule has 2 rings (SSSR count). The molecule has 0 amide bonds. The van der Waals surface area contributed by atoms with Crippen molar-refractivity contribution in [2.24, 2.45) is 5.41 Å². The molecule has 0 saturated heterocycles. The number of carbonyl (C=O) groups is 2. The van der Waals surface area contributed by atoms with Crippen LogP contribution in [0.25, 0.3) is 0 Å². The third-order valence-electron chi connectivity index (χ3n) is 3.83. The Kier molecular flexibility index (Phi) is 3.41. The first-order valence-electron chi connectivity index (χ1n) is 6.29. The van der Waals surface area contributed by atoms with E-state index in [4.69, 9.17) is 0 Å². The van der Waals surface area contributed by atoms with Crippen molar-refractivity contribution in [1.82, 2.24) is 0 Å². The largest absolute Gasteiger partial charge is 0.299 e. The lowest BCUT2D eigenvalue weighted by molar-refractivity contribution is -0.144. The van der Waals surface area contributed by atoms with Crippen LogP contribution in [0.3, 0.4) is 0 Å². The van der Waals surface area contributed by atoms with Gasteiger partial charge in [0.25, 0.3) is 0 Å². The van der Waals surface area contributed by atoms with Gasteiger partial charge in [0.15, 0.2) is 0 Å². The van der Waals surface area contributed by atoms with Crippen LogP contribution >= 0.6 is 0 Å². The molecule has 0 atom stereocenters. The zero-order valence-electron chi connectivity index (χ0n) is 10.2. The van der Waals surface area contributed by atoms with Crippen molar-refractivity contribution < 1.29 is 9.59 Å². The second-order valence-corrected chi connectivity index (χ2v) is 4.80. The summed E-state index contributed by atoms with van der Waals surface area (Å²) in [7, 11) is 0. The topological polar surface area (TPSA) is 34.1 Å². The van der Waals surface area contributed by atoms with Crippen molar-refractivity contribution >= 4 is 11.6 Å². The summed E-state index contributed by atoms with van der Waals surface area (Å²) in [4.78, 5) is 24.3. The molecule has 1 saturated carbocycles. The third-order valence-corrected chi connectivity index (χ3v) is 3.83. The molecular weight excluding hydrogens is 212 g/mol. The van der Waals surface area contributed by atoms with E-state index in [2.05, 4.69) is 0 Å². The maximum Gasteiger partial charge on any atom is 0.146 e. The molecule has 0 spiro atoms. The highest BCUT2D eigenvalue weighted by Gasteiger charge is 2.44. The fourth-order valence-electron chi connectivity index (χ4n) is 2.70. The number of rotatable bonds is 3. The molecule has 2 heteroatoms. The number of hydrogen-bond acceptors (Lipinski definition) is 2. The van der Waals surface area contributed by atoms with Crippen molar-refractivity contribution in [3.8, 4) is 0 Å². The van der Waals surface area contributed by atoms with Crippen molar-refractivity contribution in [3.05, 3.63) is 35.9 Å². The van der Waals surface area contributed by atoms with Crippen LogP contribution in [0.2, 0.25) is 0 Å². The SMILES string of the molecule is CCC1(Cc2ccccc2)C(=O)CCCC1=O. The number of hydrogen-bond donors (Lipinski definition) is 0. The van der Waals surface area contributed by atoms with Gasteiger partial charge < -0.3 is 0 Å². The second-order valence-electron chi connectivity index (χ2n) is 4.80. The average molecular weight is 230 g/mol. The van der Waals surface area contributed by atoms with E-state index in [-0.39, 0.29) is 11.6 Å². The summed E-state index contributed by atoms with van der Waals surface area (Å²) in [6.45, 7) is 1.95. The highest BCUT2D eigenvalue weighted by atomic mass is 16.2. The summed E-state index contributed by atoms with van der Waals surface area (Å²) in [5, 5.41) is 0. The molecule has 0 aromatic heterocycles. The molecule has 1 aromatic rings. The molecule has 90 valence electrons. The Bertz CT molecular complexity index is 404. The van der Waals surface area contributed by atoms with Gasteiger partial charge >= 0.3 is 0 Å². The summed E-state index contributed by atoms with van der Waals surface area (Å²) in [5.74, 6) is 0.278. The van der Waals surface area contributed by atoms with E-state index in [0.29, 0.717) is 25.7 Å². The minimum absolute atomic E-state index is 0.139. The van der Waals surface area contributed by atoms with Crippen molar-refractivity contribution in [2.45, 2.75) is 39.0 Å². The van der Waals surface area contributed by atoms with Crippen LogP contribution in [-0.4, -0.2) is 11.6 Å². The van der Waals surface area contributed by atoms with Crippen LogP contribution in [0.5, 0.6) is 0 Å². The van der Waals surface area contributed by atoms with E-state index >= 15 is 0 Å². The van der Waals surface area contributed by atoms with Crippen LogP contribution in [0.4, 0.5) is 0 Å². The van der Waals surface area contributed by atoms with Gasteiger partial charge in [-0.05, 0) is 24.8 Å².